The van der Waals surface area contributed by atoms with Crippen LogP contribution in [0, 0.1) is 5.41 Å². The van der Waals surface area contributed by atoms with E-state index in [2.05, 4.69) is 0 Å². The summed E-state index contributed by atoms with van der Waals surface area (Å²) < 4.78 is 34.2. The van der Waals surface area contributed by atoms with Crippen LogP contribution in [0.2, 0.25) is 0 Å². The molecule has 0 saturated carbocycles. The molecule has 1 heterocycles. The van der Waals surface area contributed by atoms with Crippen LogP contribution in [0.1, 0.15) is 33.1 Å². The van der Waals surface area contributed by atoms with Gasteiger partial charge in [-0.25, -0.2) is 0 Å². The number of aliphatic hydroxyl groups excluding tert-OH is 1. The molecule has 1 unspecified atom stereocenters. The van der Waals surface area contributed by atoms with E-state index >= 15 is 0 Å². The van der Waals surface area contributed by atoms with Crippen LogP contribution in [0.5, 0.6) is 0 Å². The van der Waals surface area contributed by atoms with Gasteiger partial charge in [0.15, 0.2) is 0 Å². The molecule has 18 heavy (non-hydrogen) atoms. The van der Waals surface area contributed by atoms with Crippen molar-refractivity contribution in [3.8, 4) is 0 Å². The fourth-order valence-corrected chi connectivity index (χ4v) is 2.67. The number of hydrogen-bond donors (Lipinski definition) is 1. The van der Waals surface area contributed by atoms with Crippen LogP contribution >= 0.6 is 0 Å². The van der Waals surface area contributed by atoms with Gasteiger partial charge in [0.05, 0.1) is 0 Å². The summed E-state index contributed by atoms with van der Waals surface area (Å²) in [5, 5.41) is 7.87. The van der Waals surface area contributed by atoms with Crippen molar-refractivity contribution in [2.45, 2.75) is 38.4 Å². The first-order valence-corrected chi connectivity index (χ1v) is 7.42. The third-order valence-electron chi connectivity index (χ3n) is 3.29. The van der Waals surface area contributed by atoms with Gasteiger partial charge in [-0.05, 0) is 18.3 Å². The van der Waals surface area contributed by atoms with Gasteiger partial charge < -0.3 is 10.0 Å². The number of rotatable bonds is 6. The monoisotopic (exact) mass is 281 g/mol. The molecule has 1 rings (SSSR count). The highest BCUT2D eigenvalue weighted by Gasteiger charge is 2.38. The predicted octanol–water partition coefficient (Wildman–Crippen LogP) is 0.685. The Morgan fingerprint density at radius 1 is 1.50 bits per heavy atom. The summed E-state index contributed by atoms with van der Waals surface area (Å²) in [5.74, 6) is -0.317. The fraction of sp³-hybridized carbons (Fsp3) is 0.909. The number of hydrogen-bond acceptors (Lipinski definition) is 4. The quantitative estimate of drug-likeness (QED) is 0.727. The summed E-state index contributed by atoms with van der Waals surface area (Å²) in [5.41, 5.74) is -0.214. The normalized spacial score (nSPS) is 21.7. The zero-order valence-electron chi connectivity index (χ0n) is 10.7. The molecule has 0 aromatic heterocycles. The Morgan fingerprint density at radius 2 is 2.11 bits per heavy atom. The summed E-state index contributed by atoms with van der Waals surface area (Å²) in [6, 6.07) is 0. The summed E-state index contributed by atoms with van der Waals surface area (Å²) in [6.45, 7) is 4.23. The highest BCUT2D eigenvalue weighted by molar-refractivity contribution is 7.87. The smallest absolute Gasteiger partial charge is 0.307 e. The van der Waals surface area contributed by atoms with E-state index in [-0.39, 0.29) is 30.9 Å². The lowest BCUT2D eigenvalue weighted by Crippen LogP contribution is -2.29. The zero-order valence-corrected chi connectivity index (χ0v) is 11.5. The second-order valence-electron chi connectivity index (χ2n) is 5.57. The first kappa shape index (κ1) is 15.4. The van der Waals surface area contributed by atoms with E-state index in [4.69, 9.17) is 5.11 Å². The van der Waals surface area contributed by atoms with Gasteiger partial charge in [-0.1, -0.05) is 13.8 Å². The van der Waals surface area contributed by atoms with E-state index in [9.17, 15) is 17.1 Å². The highest BCUT2D eigenvalue weighted by atomic mass is 32.3. The topological polar surface area (TPSA) is 74.7 Å². The summed E-state index contributed by atoms with van der Waals surface area (Å²) in [7, 11) is -4.63. The molecule has 0 spiro atoms. The average Bonchev–Trinajstić information content (AvgIpc) is 2.60. The fourth-order valence-electron chi connectivity index (χ4n) is 1.97. The Hall–Kier alpha value is -0.690. The molecule has 1 aliphatic heterocycles. The van der Waals surface area contributed by atoms with Crippen LogP contribution in [0.3, 0.4) is 0 Å². The van der Waals surface area contributed by atoms with Gasteiger partial charge in [0.25, 0.3) is 0 Å². The van der Waals surface area contributed by atoms with Crippen molar-refractivity contribution in [1.29, 1.82) is 0 Å². The second-order valence-corrected chi connectivity index (χ2v) is 7.19. The molecule has 1 aliphatic rings. The van der Waals surface area contributed by atoms with Gasteiger partial charge >= 0.3 is 10.2 Å². The Bertz CT molecular complexity index is 407. The molecule has 0 radical (unpaired) electrons. The maximum Gasteiger partial charge on any atom is 0.307 e. The van der Waals surface area contributed by atoms with Crippen molar-refractivity contribution in [1.82, 2.24) is 4.90 Å². The molecular weight excluding hydrogens is 261 g/mol. The molecule has 0 aromatic carbocycles. The van der Waals surface area contributed by atoms with Crippen LogP contribution in [0.4, 0.5) is 3.89 Å². The Labute approximate surface area is 107 Å². The molecule has 1 fully saturated rings. The lowest BCUT2D eigenvalue weighted by atomic mass is 9.89. The first-order valence-electron chi connectivity index (χ1n) is 5.98. The SMILES string of the molecule is CC(C)(CO)CCCN1CC(S(=O)(=O)F)CC1=O. The second kappa shape index (κ2) is 5.52. The summed E-state index contributed by atoms with van der Waals surface area (Å²) in [6.07, 6.45) is 1.13. The number of likely N-dealkylation sites (tertiary alicyclic amines) is 1. The highest BCUT2D eigenvalue weighted by Crippen LogP contribution is 2.24. The number of nitrogens with zero attached hydrogens (tertiary/aromatic N) is 1. The third-order valence-corrected chi connectivity index (χ3v) is 4.40. The molecule has 0 aliphatic carbocycles. The van der Waals surface area contributed by atoms with Gasteiger partial charge in [-0.3, -0.25) is 4.79 Å². The summed E-state index contributed by atoms with van der Waals surface area (Å²) in [4.78, 5) is 12.9. The first-order chi connectivity index (χ1) is 8.15. The average molecular weight is 281 g/mol. The number of carbonyl (C=O) groups excluding carboxylic acids is 1. The molecule has 1 atom stereocenters. The van der Waals surface area contributed by atoms with Crippen LogP contribution < -0.4 is 0 Å². The van der Waals surface area contributed by atoms with E-state index in [1.165, 1.54) is 4.90 Å². The molecule has 0 aromatic rings. The van der Waals surface area contributed by atoms with E-state index < -0.39 is 15.5 Å². The molecule has 0 bridgehead atoms. The van der Waals surface area contributed by atoms with Crippen molar-refractivity contribution >= 4 is 16.1 Å². The molecule has 7 heteroatoms. The van der Waals surface area contributed by atoms with Gasteiger partial charge in [0.1, 0.15) is 5.25 Å². The lowest BCUT2D eigenvalue weighted by molar-refractivity contribution is -0.127. The van der Waals surface area contributed by atoms with Gasteiger partial charge in [0.2, 0.25) is 5.91 Å². The Kier molecular flexibility index (Phi) is 4.72. The molecular formula is C11H20FNO4S. The largest absolute Gasteiger partial charge is 0.396 e. The Morgan fingerprint density at radius 3 is 2.56 bits per heavy atom. The van der Waals surface area contributed by atoms with Crippen molar-refractivity contribution in [3.63, 3.8) is 0 Å². The minimum atomic E-state index is -4.63. The molecule has 1 amide bonds. The minimum absolute atomic E-state index is 0.0580. The molecule has 5 nitrogen and oxygen atoms in total. The maximum absolute atomic E-state index is 12.8. The van der Waals surface area contributed by atoms with Crippen molar-refractivity contribution < 1.29 is 22.2 Å². The number of amides is 1. The zero-order chi connectivity index (χ0) is 14.0. The van der Waals surface area contributed by atoms with Gasteiger partial charge in [-0.15, -0.1) is 3.89 Å². The van der Waals surface area contributed by atoms with Crippen LogP contribution in [-0.4, -0.2) is 49.3 Å². The van der Waals surface area contributed by atoms with Crippen LogP contribution in [0.25, 0.3) is 0 Å². The third kappa shape index (κ3) is 4.20. The summed E-state index contributed by atoms with van der Waals surface area (Å²) >= 11 is 0. The van der Waals surface area contributed by atoms with Gasteiger partial charge in [0, 0.05) is 26.1 Å². The predicted molar refractivity (Wildman–Crippen MR) is 65.1 cm³/mol. The lowest BCUT2D eigenvalue weighted by Gasteiger charge is -2.23. The van der Waals surface area contributed by atoms with Gasteiger partial charge in [-0.2, -0.15) is 8.42 Å². The van der Waals surface area contributed by atoms with Crippen molar-refractivity contribution in [2.24, 2.45) is 5.41 Å². The van der Waals surface area contributed by atoms with E-state index in [0.717, 1.165) is 6.42 Å². The van der Waals surface area contributed by atoms with E-state index in [1.807, 2.05) is 13.8 Å². The standard InChI is InChI=1S/C11H20FNO4S/c1-11(2,8-14)4-3-5-13-7-9(6-10(13)15)18(12,16)17/h9,14H,3-8H2,1-2H3. The van der Waals surface area contributed by atoms with E-state index in [0.29, 0.717) is 13.0 Å². The van der Waals surface area contributed by atoms with Crippen molar-refractivity contribution in [3.05, 3.63) is 0 Å². The van der Waals surface area contributed by atoms with Crippen LogP contribution in [0.15, 0.2) is 0 Å². The Balaban J connectivity index is 2.43. The number of carbonyl (C=O) groups is 1. The molecule has 1 N–H and O–H groups in total. The van der Waals surface area contributed by atoms with Crippen molar-refractivity contribution in [2.75, 3.05) is 19.7 Å². The molecule has 1 saturated heterocycles. The maximum atomic E-state index is 12.8. The number of aliphatic hydroxyl groups is 1. The number of halogens is 1. The minimum Gasteiger partial charge on any atom is -0.396 e. The van der Waals surface area contributed by atoms with Crippen LogP contribution in [-0.2, 0) is 15.0 Å². The van der Waals surface area contributed by atoms with E-state index in [1.54, 1.807) is 0 Å². The molecule has 106 valence electrons.